The highest BCUT2D eigenvalue weighted by Gasteiger charge is 2.18. The van der Waals surface area contributed by atoms with Crippen LogP contribution >= 0.6 is 0 Å². The van der Waals surface area contributed by atoms with Crippen molar-refractivity contribution in [3.8, 4) is 0 Å². The van der Waals surface area contributed by atoms with E-state index in [0.717, 1.165) is 17.7 Å². The van der Waals surface area contributed by atoms with Gasteiger partial charge >= 0.3 is 0 Å². The van der Waals surface area contributed by atoms with Crippen LogP contribution in [0.15, 0.2) is 23.4 Å². The van der Waals surface area contributed by atoms with E-state index in [1.807, 2.05) is 13.8 Å². The molecule has 14 heavy (non-hydrogen) atoms. The maximum absolute atomic E-state index is 9.57. The molecule has 0 saturated carbocycles. The van der Waals surface area contributed by atoms with Gasteiger partial charge in [0.1, 0.15) is 0 Å². The summed E-state index contributed by atoms with van der Waals surface area (Å²) in [6.07, 6.45) is 4.94. The van der Waals surface area contributed by atoms with E-state index in [-0.39, 0.29) is 0 Å². The molecule has 0 unspecified atom stereocenters. The van der Waals surface area contributed by atoms with Gasteiger partial charge in [0.25, 0.3) is 5.71 Å². The molecule has 0 atom stereocenters. The summed E-state index contributed by atoms with van der Waals surface area (Å²) in [7, 11) is 0. The van der Waals surface area contributed by atoms with Gasteiger partial charge in [-0.15, -0.1) is 0 Å². The van der Waals surface area contributed by atoms with E-state index >= 15 is 0 Å². The smallest absolute Gasteiger partial charge is 0.296 e. The van der Waals surface area contributed by atoms with Crippen molar-refractivity contribution in [3.05, 3.63) is 29.0 Å². The lowest BCUT2D eigenvalue weighted by Crippen LogP contribution is -2.21. The Morgan fingerprint density at radius 3 is 2.71 bits per heavy atom. The predicted octanol–water partition coefficient (Wildman–Crippen LogP) is 1.99. The van der Waals surface area contributed by atoms with E-state index in [0.29, 0.717) is 18.7 Å². The highest BCUT2D eigenvalue weighted by atomic mass is 16.5. The van der Waals surface area contributed by atoms with Crippen molar-refractivity contribution < 1.29 is 10.00 Å². The van der Waals surface area contributed by atoms with Crippen molar-refractivity contribution in [2.75, 3.05) is 6.54 Å². The van der Waals surface area contributed by atoms with Gasteiger partial charge in [0.2, 0.25) is 0 Å². The highest BCUT2D eigenvalue weighted by molar-refractivity contribution is 5.93. The zero-order valence-corrected chi connectivity index (χ0v) is 8.56. The molecule has 4 nitrogen and oxygen atoms in total. The Morgan fingerprint density at radius 2 is 2.21 bits per heavy atom. The Labute approximate surface area is 83.7 Å². The maximum atomic E-state index is 9.57. The first-order valence-electron chi connectivity index (χ1n) is 4.80. The summed E-state index contributed by atoms with van der Waals surface area (Å²) in [5.41, 5.74) is 11.2. The molecule has 0 heterocycles. The van der Waals surface area contributed by atoms with Crippen LogP contribution in [0.4, 0.5) is 0 Å². The van der Waals surface area contributed by atoms with E-state index < -0.39 is 0 Å². The van der Waals surface area contributed by atoms with Gasteiger partial charge in [-0.05, 0) is 25.0 Å². The van der Waals surface area contributed by atoms with E-state index in [2.05, 4.69) is 4.79 Å². The van der Waals surface area contributed by atoms with Gasteiger partial charge in [-0.1, -0.05) is 6.92 Å². The first-order valence-corrected chi connectivity index (χ1v) is 4.80. The summed E-state index contributed by atoms with van der Waals surface area (Å²) in [6, 6.07) is 0. The fourth-order valence-corrected chi connectivity index (χ4v) is 1.47. The van der Waals surface area contributed by atoms with Crippen LogP contribution in [0.5, 0.6) is 0 Å². The van der Waals surface area contributed by atoms with Crippen molar-refractivity contribution in [2.24, 2.45) is 0 Å². The normalized spacial score (nSPS) is 15.8. The third kappa shape index (κ3) is 2.10. The molecule has 1 aliphatic rings. The molecule has 0 bridgehead atoms. The number of rotatable bonds is 3. The van der Waals surface area contributed by atoms with Gasteiger partial charge < -0.3 is 5.53 Å². The van der Waals surface area contributed by atoms with Crippen molar-refractivity contribution in [1.82, 2.24) is 5.06 Å². The van der Waals surface area contributed by atoms with E-state index in [1.165, 1.54) is 5.06 Å². The summed E-state index contributed by atoms with van der Waals surface area (Å²) in [5, 5.41) is 10.8. The second-order valence-electron chi connectivity index (χ2n) is 3.16. The predicted molar refractivity (Wildman–Crippen MR) is 53.9 cm³/mol. The minimum absolute atomic E-state index is 0.550. The molecule has 0 aliphatic heterocycles. The summed E-state index contributed by atoms with van der Waals surface area (Å²) >= 11 is 0. The Hall–Kier alpha value is -1.38. The van der Waals surface area contributed by atoms with E-state index in [1.54, 1.807) is 12.2 Å². The molecule has 1 N–H and O–H groups in total. The largest absolute Gasteiger partial charge is 0.361 e. The van der Waals surface area contributed by atoms with Crippen LogP contribution in [0.25, 0.3) is 5.53 Å². The van der Waals surface area contributed by atoms with Crippen LogP contribution < -0.4 is 0 Å². The molecule has 0 amide bonds. The molecule has 1 rings (SSSR count). The Balaban J connectivity index is 2.97. The van der Waals surface area contributed by atoms with Crippen LogP contribution in [0, 0.1) is 0 Å². The average molecular weight is 193 g/mol. The molecule has 0 fully saturated rings. The van der Waals surface area contributed by atoms with Gasteiger partial charge in [0.05, 0.1) is 12.1 Å². The summed E-state index contributed by atoms with van der Waals surface area (Å²) in [6.45, 7) is 4.45. The van der Waals surface area contributed by atoms with Crippen molar-refractivity contribution in [2.45, 2.75) is 26.7 Å². The van der Waals surface area contributed by atoms with Gasteiger partial charge in [-0.2, -0.15) is 4.79 Å². The SMILES string of the molecule is CCC1=C(N(O)CC)C=CC(=[N+]=[N-])C1. The number of nitrogens with zero attached hydrogens (tertiary/aromatic N) is 3. The standard InChI is InChI=1S/C10H15N3O/c1-3-8-7-9(12-11)5-6-10(8)13(14)4-2/h5-6,14H,3-4,7H2,1-2H3. The number of likely N-dealkylation sites (N-methyl/N-ethyl adjacent to an activating group) is 1. The van der Waals surface area contributed by atoms with Crippen molar-refractivity contribution in [3.63, 3.8) is 0 Å². The van der Waals surface area contributed by atoms with Crippen molar-refractivity contribution in [1.29, 1.82) is 0 Å². The second kappa shape index (κ2) is 4.74. The number of hydrogen-bond donors (Lipinski definition) is 1. The summed E-state index contributed by atoms with van der Waals surface area (Å²) in [4.78, 5) is 3.16. The van der Waals surface area contributed by atoms with Crippen molar-refractivity contribution >= 4 is 5.71 Å². The van der Waals surface area contributed by atoms with Gasteiger partial charge in [0, 0.05) is 12.6 Å². The Kier molecular flexibility index (Phi) is 3.63. The average Bonchev–Trinajstić information content (AvgIpc) is 2.27. The molecule has 0 aromatic heterocycles. The van der Waals surface area contributed by atoms with Gasteiger partial charge in [-0.3, -0.25) is 10.3 Å². The van der Waals surface area contributed by atoms with Crippen LogP contribution in [-0.4, -0.2) is 27.3 Å². The summed E-state index contributed by atoms with van der Waals surface area (Å²) < 4.78 is 0. The lowest BCUT2D eigenvalue weighted by Gasteiger charge is -2.20. The van der Waals surface area contributed by atoms with Crippen LogP contribution in [-0.2, 0) is 0 Å². The zero-order valence-electron chi connectivity index (χ0n) is 8.56. The lowest BCUT2D eigenvalue weighted by molar-refractivity contribution is -0.0479. The fraction of sp³-hybridized carbons (Fsp3) is 0.500. The first-order chi connectivity index (χ1) is 6.72. The number of hydroxylamine groups is 2. The molecule has 0 aromatic carbocycles. The fourth-order valence-electron chi connectivity index (χ4n) is 1.47. The summed E-state index contributed by atoms with van der Waals surface area (Å²) in [5.74, 6) is 0. The lowest BCUT2D eigenvalue weighted by atomic mass is 9.98. The topological polar surface area (TPSA) is 59.9 Å². The molecule has 0 saturated heterocycles. The molecular formula is C10H15N3O. The molecule has 0 radical (unpaired) electrons. The minimum Gasteiger partial charge on any atom is -0.361 e. The number of hydrogen-bond acceptors (Lipinski definition) is 2. The first kappa shape index (κ1) is 10.7. The van der Waals surface area contributed by atoms with E-state index in [9.17, 15) is 5.21 Å². The molecule has 0 spiro atoms. The van der Waals surface area contributed by atoms with Crippen LogP contribution in [0.2, 0.25) is 0 Å². The Bertz CT molecular complexity index is 324. The third-order valence-corrected chi connectivity index (χ3v) is 2.32. The molecule has 4 heteroatoms. The quantitative estimate of drug-likeness (QED) is 0.423. The molecule has 1 aliphatic carbocycles. The third-order valence-electron chi connectivity index (χ3n) is 2.32. The zero-order chi connectivity index (χ0) is 10.6. The monoisotopic (exact) mass is 193 g/mol. The van der Waals surface area contributed by atoms with E-state index in [4.69, 9.17) is 5.53 Å². The van der Waals surface area contributed by atoms with Gasteiger partial charge in [0.15, 0.2) is 0 Å². The second-order valence-corrected chi connectivity index (χ2v) is 3.16. The minimum atomic E-state index is 0.550. The number of allylic oxidation sites excluding steroid dienone is 3. The van der Waals surface area contributed by atoms with Gasteiger partial charge in [-0.25, -0.2) is 0 Å². The Morgan fingerprint density at radius 1 is 1.50 bits per heavy atom. The molecule has 76 valence electrons. The molecule has 0 aromatic rings. The molecular weight excluding hydrogens is 178 g/mol. The highest BCUT2D eigenvalue weighted by Crippen LogP contribution is 2.21. The van der Waals surface area contributed by atoms with Crippen LogP contribution in [0.1, 0.15) is 26.7 Å². The maximum Gasteiger partial charge on any atom is 0.296 e. The van der Waals surface area contributed by atoms with Crippen LogP contribution in [0.3, 0.4) is 0 Å².